The van der Waals surface area contributed by atoms with Gasteiger partial charge in [-0.05, 0) is 17.7 Å². The van der Waals surface area contributed by atoms with E-state index in [4.69, 9.17) is 11.6 Å². The second-order valence-corrected chi connectivity index (χ2v) is 6.81. The third kappa shape index (κ3) is 5.62. The number of benzene rings is 1. The van der Waals surface area contributed by atoms with Gasteiger partial charge in [0.25, 0.3) is 0 Å². The Bertz CT molecular complexity index is 660. The second-order valence-electron chi connectivity index (χ2n) is 6.38. The molecule has 26 heavy (non-hydrogen) atoms. The lowest BCUT2D eigenvalue weighted by atomic mass is 10.2. The fourth-order valence-corrected chi connectivity index (χ4v) is 2.83. The molecule has 0 atom stereocenters. The van der Waals surface area contributed by atoms with Gasteiger partial charge in [-0.15, -0.1) is 0 Å². The summed E-state index contributed by atoms with van der Waals surface area (Å²) in [5, 5.41) is 3.85. The highest BCUT2D eigenvalue weighted by molar-refractivity contribution is 6.30. The topological polar surface area (TPSA) is 68.2 Å². The highest BCUT2D eigenvalue weighted by Crippen LogP contribution is 2.13. The smallest absolute Gasteiger partial charge is 0.242 e. The van der Waals surface area contributed by atoms with Crippen LogP contribution < -0.4 is 5.32 Å². The molecule has 1 aromatic carbocycles. The molecular formula is C18H26ClN5O2. The lowest BCUT2D eigenvalue weighted by Crippen LogP contribution is -2.55. The first-order valence-corrected chi connectivity index (χ1v) is 8.96. The number of rotatable bonds is 5. The third-order valence-corrected chi connectivity index (χ3v) is 4.49. The summed E-state index contributed by atoms with van der Waals surface area (Å²) in [5.74, 6) is 0.756. The molecule has 1 aliphatic rings. The number of aliphatic imine (C=N–C) groups is 1. The Balaban J connectivity index is 1.85. The van der Waals surface area contributed by atoms with E-state index in [1.54, 1.807) is 26.0 Å². The van der Waals surface area contributed by atoms with Gasteiger partial charge in [-0.1, -0.05) is 23.7 Å². The Labute approximate surface area is 159 Å². The van der Waals surface area contributed by atoms with Crippen LogP contribution in [0.5, 0.6) is 0 Å². The fourth-order valence-electron chi connectivity index (χ4n) is 2.70. The molecule has 0 spiro atoms. The molecule has 142 valence electrons. The van der Waals surface area contributed by atoms with Crippen molar-refractivity contribution in [3.8, 4) is 0 Å². The normalized spacial score (nSPS) is 15.2. The number of nitrogens with one attached hydrogen (secondary N) is 1. The van der Waals surface area contributed by atoms with Crippen molar-refractivity contribution in [3.63, 3.8) is 0 Å². The molecule has 7 nitrogen and oxygen atoms in total. The quantitative estimate of drug-likeness (QED) is 0.613. The average molecular weight is 380 g/mol. The maximum Gasteiger partial charge on any atom is 0.242 e. The zero-order valence-electron chi connectivity index (χ0n) is 15.5. The first-order valence-electron chi connectivity index (χ1n) is 8.58. The maximum absolute atomic E-state index is 12.5. The molecule has 2 rings (SSSR count). The van der Waals surface area contributed by atoms with Gasteiger partial charge in [-0.3, -0.25) is 14.6 Å². The van der Waals surface area contributed by atoms with E-state index in [1.165, 1.54) is 0 Å². The van der Waals surface area contributed by atoms with E-state index >= 15 is 0 Å². The van der Waals surface area contributed by atoms with Crippen molar-refractivity contribution in [2.75, 3.05) is 47.3 Å². The van der Waals surface area contributed by atoms with Crippen LogP contribution in [0.3, 0.4) is 0 Å². The molecule has 0 aromatic heterocycles. The third-order valence-electron chi connectivity index (χ3n) is 4.24. The molecule has 1 aliphatic heterocycles. The Morgan fingerprint density at radius 3 is 2.54 bits per heavy atom. The van der Waals surface area contributed by atoms with Gasteiger partial charge in [0.05, 0.1) is 6.54 Å². The molecule has 0 bridgehead atoms. The summed E-state index contributed by atoms with van der Waals surface area (Å²) in [6, 6.07) is 7.53. The highest BCUT2D eigenvalue weighted by atomic mass is 35.5. The van der Waals surface area contributed by atoms with Crippen molar-refractivity contribution in [1.82, 2.24) is 20.0 Å². The molecule has 1 aromatic rings. The molecule has 0 radical (unpaired) electrons. The summed E-state index contributed by atoms with van der Waals surface area (Å²) < 4.78 is 0. The van der Waals surface area contributed by atoms with Crippen LogP contribution in [0.1, 0.15) is 12.0 Å². The second kappa shape index (κ2) is 9.43. The summed E-state index contributed by atoms with van der Waals surface area (Å²) in [5.41, 5.74) is 1.06. The predicted octanol–water partition coefficient (Wildman–Crippen LogP) is 1.04. The van der Waals surface area contributed by atoms with Crippen LogP contribution in [0.15, 0.2) is 29.3 Å². The molecule has 1 saturated heterocycles. The molecule has 8 heteroatoms. The van der Waals surface area contributed by atoms with Gasteiger partial charge in [0.1, 0.15) is 0 Å². The minimum atomic E-state index is 0.0526. The minimum Gasteiger partial charge on any atom is -0.356 e. The summed E-state index contributed by atoms with van der Waals surface area (Å²) in [7, 11) is 5.14. The summed E-state index contributed by atoms with van der Waals surface area (Å²) >= 11 is 5.90. The van der Waals surface area contributed by atoms with Crippen molar-refractivity contribution in [2.24, 2.45) is 4.99 Å². The standard InChI is InChI=1S/C18H26ClN5O2/c1-20-18(21-9-8-16(25)22(2)3)24-11-10-23(17(26)13-24)12-14-4-6-15(19)7-5-14/h4-7H,8-13H2,1-3H3,(H,20,21). The van der Waals surface area contributed by atoms with Gasteiger partial charge in [-0.2, -0.15) is 0 Å². The molecule has 1 heterocycles. The zero-order chi connectivity index (χ0) is 19.1. The highest BCUT2D eigenvalue weighted by Gasteiger charge is 2.25. The van der Waals surface area contributed by atoms with Crippen LogP contribution in [-0.2, 0) is 16.1 Å². The summed E-state index contributed by atoms with van der Waals surface area (Å²) in [6.45, 7) is 2.66. The molecule has 1 N–H and O–H groups in total. The van der Waals surface area contributed by atoms with Crippen molar-refractivity contribution < 1.29 is 9.59 Å². The fraction of sp³-hybridized carbons (Fsp3) is 0.500. The van der Waals surface area contributed by atoms with Crippen molar-refractivity contribution in [3.05, 3.63) is 34.9 Å². The summed E-state index contributed by atoms with van der Waals surface area (Å²) in [4.78, 5) is 33.7. The van der Waals surface area contributed by atoms with E-state index in [1.807, 2.05) is 34.1 Å². The number of nitrogens with zero attached hydrogens (tertiary/aromatic N) is 4. The molecule has 0 saturated carbocycles. The van der Waals surface area contributed by atoms with E-state index in [0.717, 1.165) is 5.56 Å². The van der Waals surface area contributed by atoms with Gasteiger partial charge in [0, 0.05) is 58.8 Å². The first-order chi connectivity index (χ1) is 12.4. The molecular weight excluding hydrogens is 354 g/mol. The van der Waals surface area contributed by atoms with Gasteiger partial charge in [0.2, 0.25) is 11.8 Å². The number of hydrogen-bond acceptors (Lipinski definition) is 3. The molecule has 0 aliphatic carbocycles. The van der Waals surface area contributed by atoms with Gasteiger partial charge in [0.15, 0.2) is 5.96 Å². The van der Waals surface area contributed by atoms with Gasteiger partial charge >= 0.3 is 0 Å². The van der Waals surface area contributed by atoms with Crippen molar-refractivity contribution >= 4 is 29.4 Å². The van der Waals surface area contributed by atoms with E-state index in [-0.39, 0.29) is 18.4 Å². The van der Waals surface area contributed by atoms with E-state index < -0.39 is 0 Å². The zero-order valence-corrected chi connectivity index (χ0v) is 16.3. The van der Waals surface area contributed by atoms with Crippen LogP contribution in [0.2, 0.25) is 5.02 Å². The lowest BCUT2D eigenvalue weighted by Gasteiger charge is -2.36. The van der Waals surface area contributed by atoms with Gasteiger partial charge in [-0.25, -0.2) is 0 Å². The summed E-state index contributed by atoms with van der Waals surface area (Å²) in [6.07, 6.45) is 0.385. The van der Waals surface area contributed by atoms with Crippen LogP contribution in [0.25, 0.3) is 0 Å². The Kier molecular flexibility index (Phi) is 7.26. The largest absolute Gasteiger partial charge is 0.356 e. The number of carbonyl (C=O) groups is 2. The van der Waals surface area contributed by atoms with Crippen LogP contribution in [-0.4, -0.2) is 79.8 Å². The first kappa shape index (κ1) is 20.0. The monoisotopic (exact) mass is 379 g/mol. The molecule has 0 unspecified atom stereocenters. The Morgan fingerprint density at radius 2 is 1.96 bits per heavy atom. The SMILES string of the molecule is CN=C(NCCC(=O)N(C)C)N1CCN(Cc2ccc(Cl)cc2)C(=O)C1. The predicted molar refractivity (Wildman–Crippen MR) is 103 cm³/mol. The van der Waals surface area contributed by atoms with Crippen molar-refractivity contribution in [2.45, 2.75) is 13.0 Å². The van der Waals surface area contributed by atoms with E-state index in [9.17, 15) is 9.59 Å². The van der Waals surface area contributed by atoms with E-state index in [0.29, 0.717) is 43.6 Å². The number of halogens is 1. The van der Waals surface area contributed by atoms with Crippen LogP contribution in [0, 0.1) is 0 Å². The Hall–Kier alpha value is -2.28. The number of guanidine groups is 1. The Morgan fingerprint density at radius 1 is 1.27 bits per heavy atom. The van der Waals surface area contributed by atoms with Crippen LogP contribution >= 0.6 is 11.6 Å². The minimum absolute atomic E-state index is 0.0526. The number of carbonyl (C=O) groups excluding carboxylic acids is 2. The number of amides is 2. The van der Waals surface area contributed by atoms with Crippen LogP contribution in [0.4, 0.5) is 0 Å². The van der Waals surface area contributed by atoms with Gasteiger partial charge < -0.3 is 20.0 Å². The number of hydrogen-bond donors (Lipinski definition) is 1. The van der Waals surface area contributed by atoms with Crippen molar-refractivity contribution in [1.29, 1.82) is 0 Å². The lowest BCUT2D eigenvalue weighted by molar-refractivity contribution is -0.135. The number of piperazine rings is 1. The molecule has 2 amide bonds. The van der Waals surface area contributed by atoms with E-state index in [2.05, 4.69) is 10.3 Å². The molecule has 1 fully saturated rings. The average Bonchev–Trinajstić information content (AvgIpc) is 2.62. The maximum atomic E-state index is 12.5.